The summed E-state index contributed by atoms with van der Waals surface area (Å²) >= 11 is 0. The van der Waals surface area contributed by atoms with Gasteiger partial charge in [-0.1, -0.05) is 12.2 Å². The van der Waals surface area contributed by atoms with Gasteiger partial charge in [0, 0.05) is 0 Å². The Kier molecular flexibility index (Phi) is 3.93. The molecule has 1 amide bonds. The van der Waals surface area contributed by atoms with E-state index in [1.165, 1.54) is 0 Å². The number of allylic oxidation sites excluding steroid dienone is 1. The molecule has 0 aromatic heterocycles. The van der Waals surface area contributed by atoms with Gasteiger partial charge in [-0.2, -0.15) is 0 Å². The minimum atomic E-state index is -0.711. The fraction of sp³-hybridized carbons (Fsp3) is 0.636. The Morgan fingerprint density at radius 2 is 2.31 bits per heavy atom. The minimum absolute atomic E-state index is 0.356. The molecule has 0 aliphatic heterocycles. The van der Waals surface area contributed by atoms with E-state index in [0.29, 0.717) is 12.5 Å². The highest BCUT2D eigenvalue weighted by molar-refractivity contribution is 5.78. The van der Waals surface area contributed by atoms with Gasteiger partial charge in [0.2, 0.25) is 0 Å². The maximum Gasteiger partial charge on any atom is 0.404 e. The summed E-state index contributed by atoms with van der Waals surface area (Å²) in [4.78, 5) is 20.3. The molecule has 0 spiro atoms. The predicted molar refractivity (Wildman–Crippen MR) is 57.8 cm³/mol. The summed E-state index contributed by atoms with van der Waals surface area (Å²) in [7, 11) is 0. The predicted octanol–water partition coefficient (Wildman–Crippen LogP) is 1.53. The number of amides is 1. The molecule has 2 aliphatic rings. The first kappa shape index (κ1) is 12.5. The SMILES string of the molecule is CCOC(N)=O.O=C(O)C12C=CC(CC1)C2. The molecule has 2 atom stereocenters. The molecule has 5 heteroatoms. The van der Waals surface area contributed by atoms with Crippen LogP contribution in [0.15, 0.2) is 12.2 Å². The zero-order chi connectivity index (χ0) is 12.2. The van der Waals surface area contributed by atoms with E-state index >= 15 is 0 Å². The van der Waals surface area contributed by atoms with Crippen LogP contribution in [-0.4, -0.2) is 23.8 Å². The maximum absolute atomic E-state index is 10.7. The van der Waals surface area contributed by atoms with Gasteiger partial charge in [-0.05, 0) is 32.1 Å². The van der Waals surface area contributed by atoms with Gasteiger partial charge in [0.1, 0.15) is 0 Å². The zero-order valence-corrected chi connectivity index (χ0v) is 9.31. The topological polar surface area (TPSA) is 89.6 Å². The monoisotopic (exact) mass is 227 g/mol. The number of hydrogen-bond acceptors (Lipinski definition) is 3. The van der Waals surface area contributed by atoms with E-state index in [4.69, 9.17) is 5.11 Å². The van der Waals surface area contributed by atoms with E-state index in [9.17, 15) is 9.59 Å². The Morgan fingerprint density at radius 3 is 2.44 bits per heavy atom. The Labute approximate surface area is 94.3 Å². The summed E-state index contributed by atoms with van der Waals surface area (Å²) in [5.41, 5.74) is 4.09. The summed E-state index contributed by atoms with van der Waals surface area (Å²) in [6.45, 7) is 2.06. The number of fused-ring (bicyclic) bond motifs is 2. The lowest BCUT2D eigenvalue weighted by Crippen LogP contribution is -2.23. The van der Waals surface area contributed by atoms with Crippen LogP contribution in [0.4, 0.5) is 4.79 Å². The van der Waals surface area contributed by atoms with Gasteiger partial charge in [0.15, 0.2) is 0 Å². The van der Waals surface area contributed by atoms with Crippen LogP contribution < -0.4 is 5.73 Å². The summed E-state index contributed by atoms with van der Waals surface area (Å²) < 4.78 is 4.18. The molecule has 0 aromatic rings. The summed E-state index contributed by atoms with van der Waals surface area (Å²) in [6, 6.07) is 0. The van der Waals surface area contributed by atoms with Crippen molar-refractivity contribution in [1.82, 2.24) is 0 Å². The molecular weight excluding hydrogens is 210 g/mol. The van der Waals surface area contributed by atoms with Crippen LogP contribution in [0, 0.1) is 11.3 Å². The highest BCUT2D eigenvalue weighted by Gasteiger charge is 2.46. The number of carbonyl (C=O) groups excluding carboxylic acids is 1. The van der Waals surface area contributed by atoms with E-state index in [2.05, 4.69) is 16.5 Å². The second-order valence-electron chi connectivity index (χ2n) is 4.08. The molecule has 0 radical (unpaired) electrons. The lowest BCUT2D eigenvalue weighted by molar-refractivity contribution is -0.145. The van der Waals surface area contributed by atoms with Gasteiger partial charge in [-0.15, -0.1) is 0 Å². The Balaban J connectivity index is 0.000000187. The lowest BCUT2D eigenvalue weighted by Gasteiger charge is -2.15. The summed E-state index contributed by atoms with van der Waals surface area (Å²) in [5, 5.41) is 8.84. The molecule has 1 fully saturated rings. The number of carboxylic acid groups (broad SMARTS) is 1. The fourth-order valence-corrected chi connectivity index (χ4v) is 2.16. The maximum atomic E-state index is 10.7. The molecule has 5 nitrogen and oxygen atoms in total. The number of carbonyl (C=O) groups is 2. The quantitative estimate of drug-likeness (QED) is 0.700. The zero-order valence-electron chi connectivity index (χ0n) is 9.31. The van der Waals surface area contributed by atoms with Gasteiger partial charge < -0.3 is 15.6 Å². The van der Waals surface area contributed by atoms with Crippen LogP contribution in [0.5, 0.6) is 0 Å². The van der Waals surface area contributed by atoms with Gasteiger partial charge in [-0.25, -0.2) is 4.79 Å². The van der Waals surface area contributed by atoms with Crippen molar-refractivity contribution in [2.24, 2.45) is 17.1 Å². The summed E-state index contributed by atoms with van der Waals surface area (Å²) in [6.07, 6.45) is 5.99. The Hall–Kier alpha value is -1.52. The highest BCUT2D eigenvalue weighted by Crippen LogP contribution is 2.49. The van der Waals surface area contributed by atoms with Crippen LogP contribution in [-0.2, 0) is 9.53 Å². The molecule has 3 N–H and O–H groups in total. The number of hydrogen-bond donors (Lipinski definition) is 2. The third-order valence-corrected chi connectivity index (χ3v) is 2.99. The minimum Gasteiger partial charge on any atom is -0.481 e. The van der Waals surface area contributed by atoms with Crippen LogP contribution in [0.1, 0.15) is 26.2 Å². The molecule has 2 aliphatic carbocycles. The van der Waals surface area contributed by atoms with Gasteiger partial charge in [0.05, 0.1) is 12.0 Å². The molecule has 0 heterocycles. The molecule has 2 rings (SSSR count). The van der Waals surface area contributed by atoms with Gasteiger partial charge in [0.25, 0.3) is 0 Å². The number of primary amides is 1. The first-order chi connectivity index (χ1) is 7.50. The number of ether oxygens (including phenoxy) is 1. The largest absolute Gasteiger partial charge is 0.481 e. The number of carboxylic acids is 1. The molecule has 0 saturated heterocycles. The molecule has 1 saturated carbocycles. The standard InChI is InChI=1S/C8H10O2.C3H7NO2/c9-7(10)8-3-1-6(5-8)2-4-8;1-2-6-3(4)5/h1,3,6H,2,4-5H2,(H,9,10);2H2,1H3,(H2,4,5). The molecule has 16 heavy (non-hydrogen) atoms. The fourth-order valence-electron chi connectivity index (χ4n) is 2.16. The first-order valence-electron chi connectivity index (χ1n) is 5.35. The lowest BCUT2D eigenvalue weighted by atomic mass is 9.88. The third kappa shape index (κ3) is 2.74. The van der Waals surface area contributed by atoms with E-state index in [1.54, 1.807) is 6.92 Å². The van der Waals surface area contributed by atoms with Crippen molar-refractivity contribution in [3.63, 3.8) is 0 Å². The third-order valence-electron chi connectivity index (χ3n) is 2.99. The first-order valence-corrected chi connectivity index (χ1v) is 5.35. The Bertz CT molecular complexity index is 313. The van der Waals surface area contributed by atoms with Crippen LogP contribution in [0.3, 0.4) is 0 Å². The smallest absolute Gasteiger partial charge is 0.404 e. The molecule has 2 unspecified atom stereocenters. The van der Waals surface area contributed by atoms with Gasteiger partial charge in [-0.3, -0.25) is 4.79 Å². The summed E-state index contributed by atoms with van der Waals surface area (Å²) in [5.74, 6) is -0.0696. The van der Waals surface area contributed by atoms with Gasteiger partial charge >= 0.3 is 12.1 Å². The molecule has 0 aromatic carbocycles. The molecular formula is C11H17NO4. The second-order valence-corrected chi connectivity index (χ2v) is 4.08. The van der Waals surface area contributed by atoms with Crippen molar-refractivity contribution in [2.75, 3.05) is 6.61 Å². The number of rotatable bonds is 2. The van der Waals surface area contributed by atoms with Crippen molar-refractivity contribution in [2.45, 2.75) is 26.2 Å². The number of aliphatic carboxylic acids is 1. The number of nitrogens with two attached hydrogens (primary N) is 1. The van der Waals surface area contributed by atoms with E-state index in [0.717, 1.165) is 19.3 Å². The van der Waals surface area contributed by atoms with Crippen molar-refractivity contribution in [1.29, 1.82) is 0 Å². The Morgan fingerprint density at radius 1 is 1.62 bits per heavy atom. The highest BCUT2D eigenvalue weighted by atomic mass is 16.5. The molecule has 90 valence electrons. The average molecular weight is 227 g/mol. The van der Waals surface area contributed by atoms with E-state index < -0.39 is 17.5 Å². The van der Waals surface area contributed by atoms with Crippen molar-refractivity contribution < 1.29 is 19.4 Å². The normalized spacial score (nSPS) is 29.4. The van der Waals surface area contributed by atoms with Crippen molar-refractivity contribution in [3.8, 4) is 0 Å². The van der Waals surface area contributed by atoms with Crippen LogP contribution >= 0.6 is 0 Å². The van der Waals surface area contributed by atoms with Crippen LogP contribution in [0.25, 0.3) is 0 Å². The van der Waals surface area contributed by atoms with Crippen molar-refractivity contribution in [3.05, 3.63) is 12.2 Å². The second kappa shape index (κ2) is 5.01. The molecule has 2 bridgehead atoms. The van der Waals surface area contributed by atoms with Crippen molar-refractivity contribution >= 4 is 12.1 Å². The van der Waals surface area contributed by atoms with E-state index in [-0.39, 0.29) is 0 Å². The van der Waals surface area contributed by atoms with Crippen LogP contribution in [0.2, 0.25) is 0 Å². The van der Waals surface area contributed by atoms with E-state index in [1.807, 2.05) is 6.08 Å². The average Bonchev–Trinajstić information content (AvgIpc) is 2.78.